The summed E-state index contributed by atoms with van der Waals surface area (Å²) in [6, 6.07) is 0. The molecule has 0 aromatic rings. The van der Waals surface area contributed by atoms with Crippen LogP contribution in [0.4, 0.5) is 0 Å². The molecule has 0 bridgehead atoms. The maximum absolute atomic E-state index is 12.0. The molecule has 25 heavy (non-hydrogen) atoms. The first-order valence-corrected chi connectivity index (χ1v) is 10.0. The first-order chi connectivity index (χ1) is 11.4. The van der Waals surface area contributed by atoms with Gasteiger partial charge in [-0.1, -0.05) is 46.0 Å². The van der Waals surface area contributed by atoms with Crippen molar-refractivity contribution < 1.29 is 43.3 Å². The van der Waals surface area contributed by atoms with Crippen molar-refractivity contribution in [2.24, 2.45) is 0 Å². The van der Waals surface area contributed by atoms with E-state index in [1.807, 2.05) is 21.0 Å². The topological polar surface area (TPSA) is 142 Å². The molecule has 0 heterocycles. The first kappa shape index (κ1) is 26.7. The fourth-order valence-corrected chi connectivity index (χ4v) is 2.32. The summed E-state index contributed by atoms with van der Waals surface area (Å²) in [5.74, 6) is 0.110. The third kappa shape index (κ3) is 16.7. The Bertz CT molecular complexity index is 342. The molecule has 1 amide bonds. The normalized spacial score (nSPS) is 14.3. The second-order valence-corrected chi connectivity index (χ2v) is 7.40. The fraction of sp³-hybridized carbons (Fsp3) is 0.938. The predicted octanol–water partition coefficient (Wildman–Crippen LogP) is -1.75. The van der Waals surface area contributed by atoms with Gasteiger partial charge in [-0.05, 0) is 6.42 Å². The number of nitrogens with zero attached hydrogens (tertiary/aromatic N) is 1. The molecule has 0 rings (SSSR count). The van der Waals surface area contributed by atoms with Gasteiger partial charge in [-0.2, -0.15) is 0 Å². The van der Waals surface area contributed by atoms with E-state index in [-0.39, 0.29) is 12.1 Å². The number of carbonyl (C=O) groups excluding carboxylic acids is 1. The van der Waals surface area contributed by atoms with Gasteiger partial charge in [0, 0.05) is 19.8 Å². The monoisotopic (exact) mass is 386 g/mol. The van der Waals surface area contributed by atoms with Crippen LogP contribution in [0.3, 0.4) is 0 Å². The highest BCUT2D eigenvalue weighted by atomic mass is 35.7. The summed E-state index contributed by atoms with van der Waals surface area (Å²) >= 11 is 0. The van der Waals surface area contributed by atoms with Crippen molar-refractivity contribution in [2.75, 3.05) is 14.1 Å². The smallest absolute Gasteiger partial charge is 0.224 e. The van der Waals surface area contributed by atoms with Crippen molar-refractivity contribution in [3.05, 3.63) is 0 Å². The van der Waals surface area contributed by atoms with E-state index < -0.39 is 16.5 Å². The van der Waals surface area contributed by atoms with Gasteiger partial charge in [0.25, 0.3) is 0 Å². The lowest BCUT2D eigenvalue weighted by Gasteiger charge is -2.40. The molecule has 0 saturated carbocycles. The van der Waals surface area contributed by atoms with Crippen LogP contribution in [-0.4, -0.2) is 42.0 Å². The predicted molar refractivity (Wildman–Crippen MR) is 84.0 cm³/mol. The minimum atomic E-state index is -4.94. The molecule has 0 radical (unpaired) electrons. The van der Waals surface area contributed by atoms with Gasteiger partial charge < -0.3 is 10.4 Å². The molecule has 0 aliphatic heterocycles. The molecule has 0 aliphatic rings. The molecule has 0 spiro atoms. The van der Waals surface area contributed by atoms with Gasteiger partial charge in [0.05, 0.1) is 14.1 Å². The van der Waals surface area contributed by atoms with Gasteiger partial charge in [0.1, 0.15) is 0 Å². The number of aliphatic hydroxyl groups excluding tert-OH is 1. The highest BCUT2D eigenvalue weighted by molar-refractivity contribution is 5.75. The van der Waals surface area contributed by atoms with Gasteiger partial charge in [-0.3, -0.25) is 9.28 Å². The number of unbranched alkanes of at least 4 members (excludes halogenated alkanes) is 5. The zero-order chi connectivity index (χ0) is 20.1. The molecule has 9 heteroatoms. The summed E-state index contributed by atoms with van der Waals surface area (Å²) in [5.41, 5.74) is 0. The van der Waals surface area contributed by atoms with Crippen LogP contribution in [0.2, 0.25) is 0 Å². The largest absolute Gasteiger partial charge is 0.345 e. The molecule has 8 nitrogen and oxygen atoms in total. The molecular formula is C16H35ClN2O6. The Morgan fingerprint density at radius 1 is 1.04 bits per heavy atom. The molecule has 0 fully saturated rings. The maximum Gasteiger partial charge on any atom is 0.224 e. The number of nitrogens with one attached hydrogen (secondary N) is 1. The van der Waals surface area contributed by atoms with Crippen LogP contribution in [0.1, 0.15) is 72.1 Å². The highest BCUT2D eigenvalue weighted by Crippen LogP contribution is 2.13. The lowest BCUT2D eigenvalue weighted by atomic mass is 10.1. The van der Waals surface area contributed by atoms with Crippen LogP contribution < -0.4 is 24.0 Å². The standard InChI is InChI=1S/C16H34N2O2.ClHO4/c1-6-8-9-10-11-12-13-16(20)17-15(7-2)18(4,5)14(3)19;2-1(3,4)5/h14-15,19H,6-13H2,1-5H3;(H,2,3,4,5). The number of hydrogen-bond acceptors (Lipinski definition) is 6. The molecular weight excluding hydrogens is 352 g/mol. The Hall–Kier alpha value is -0.480. The summed E-state index contributed by atoms with van der Waals surface area (Å²) in [7, 11) is -1.05. The zero-order valence-corrected chi connectivity index (χ0v) is 16.9. The lowest BCUT2D eigenvalue weighted by Crippen LogP contribution is -2.68. The molecule has 0 aliphatic carbocycles. The fourth-order valence-electron chi connectivity index (χ4n) is 2.32. The van der Waals surface area contributed by atoms with Gasteiger partial charge in [0.2, 0.25) is 5.91 Å². The van der Waals surface area contributed by atoms with Crippen molar-refractivity contribution in [1.29, 1.82) is 0 Å². The number of halogens is 1. The average Bonchev–Trinajstić information content (AvgIpc) is 2.46. The van der Waals surface area contributed by atoms with E-state index in [0.29, 0.717) is 10.9 Å². The van der Waals surface area contributed by atoms with Gasteiger partial charge >= 0.3 is 0 Å². The van der Waals surface area contributed by atoms with Crippen LogP contribution in [0, 0.1) is 10.2 Å². The van der Waals surface area contributed by atoms with E-state index >= 15 is 0 Å². The Morgan fingerprint density at radius 3 is 1.88 bits per heavy atom. The van der Waals surface area contributed by atoms with Crippen molar-refractivity contribution in [1.82, 2.24) is 5.32 Å². The van der Waals surface area contributed by atoms with Gasteiger partial charge in [-0.15, -0.1) is 10.2 Å². The third-order valence-corrected chi connectivity index (χ3v) is 4.24. The van der Waals surface area contributed by atoms with Crippen LogP contribution in [-0.2, 0) is 4.79 Å². The second-order valence-electron chi connectivity index (χ2n) is 6.65. The van der Waals surface area contributed by atoms with E-state index in [1.165, 1.54) is 25.7 Å². The summed E-state index contributed by atoms with van der Waals surface area (Å²) < 4.78 is 34.4. The van der Waals surface area contributed by atoms with E-state index in [0.717, 1.165) is 19.3 Å². The lowest BCUT2D eigenvalue weighted by molar-refractivity contribution is -2.00. The summed E-state index contributed by atoms with van der Waals surface area (Å²) in [5, 5.41) is 12.9. The highest BCUT2D eigenvalue weighted by Gasteiger charge is 2.32. The first-order valence-electron chi connectivity index (χ1n) is 8.78. The average molecular weight is 387 g/mol. The van der Waals surface area contributed by atoms with Crippen molar-refractivity contribution in [2.45, 2.75) is 84.5 Å². The second kappa shape index (κ2) is 13.7. The van der Waals surface area contributed by atoms with E-state index in [1.54, 1.807) is 6.92 Å². The molecule has 2 N–H and O–H groups in total. The third-order valence-electron chi connectivity index (χ3n) is 4.24. The van der Waals surface area contributed by atoms with E-state index in [2.05, 4.69) is 12.2 Å². The zero-order valence-electron chi connectivity index (χ0n) is 16.1. The van der Waals surface area contributed by atoms with Crippen LogP contribution in [0.25, 0.3) is 0 Å². The molecule has 152 valence electrons. The van der Waals surface area contributed by atoms with Gasteiger partial charge in [0.15, 0.2) is 12.4 Å². The Kier molecular flexibility index (Phi) is 14.6. The summed E-state index contributed by atoms with van der Waals surface area (Å²) in [4.78, 5) is 12.0. The van der Waals surface area contributed by atoms with Crippen molar-refractivity contribution >= 4 is 5.91 Å². The SMILES string of the molecule is CCCCCCCCC(=O)NC(CC)[N+](C)(C)C(C)O.[O-][Cl+3]([O-])([O-])[O-]. The molecule has 2 unspecified atom stereocenters. The van der Waals surface area contributed by atoms with E-state index in [9.17, 15) is 9.90 Å². The van der Waals surface area contributed by atoms with Crippen LogP contribution in [0.5, 0.6) is 0 Å². The maximum atomic E-state index is 12.0. The van der Waals surface area contributed by atoms with Gasteiger partial charge in [-0.25, -0.2) is 18.6 Å². The summed E-state index contributed by atoms with van der Waals surface area (Å²) in [6.45, 7) is 6.01. The Labute approximate surface area is 153 Å². The minimum absolute atomic E-state index is 0.0254. The minimum Gasteiger partial charge on any atom is -0.345 e. The van der Waals surface area contributed by atoms with Crippen LogP contribution in [0.15, 0.2) is 0 Å². The van der Waals surface area contributed by atoms with Crippen LogP contribution >= 0.6 is 0 Å². The number of hydrogen-bond donors (Lipinski definition) is 2. The molecule has 2 atom stereocenters. The number of carbonyl (C=O) groups is 1. The number of amides is 1. The summed E-state index contributed by atoms with van der Waals surface area (Å²) in [6.07, 6.45) is 8.07. The molecule has 0 aromatic heterocycles. The van der Waals surface area contributed by atoms with E-state index in [4.69, 9.17) is 18.6 Å². The molecule has 0 aromatic carbocycles. The quantitative estimate of drug-likeness (QED) is 0.245. The molecule has 0 saturated heterocycles. The Balaban J connectivity index is 0. The van der Waals surface area contributed by atoms with Crippen molar-refractivity contribution in [3.8, 4) is 0 Å². The number of quaternary nitrogens is 1. The van der Waals surface area contributed by atoms with Crippen molar-refractivity contribution in [3.63, 3.8) is 0 Å². The number of aliphatic hydroxyl groups is 1. The Morgan fingerprint density at radius 2 is 1.48 bits per heavy atom. The number of rotatable bonds is 11.